The maximum atomic E-state index is 13.0. The van der Waals surface area contributed by atoms with E-state index in [0.717, 1.165) is 0 Å². The lowest BCUT2D eigenvalue weighted by atomic mass is 10.2. The van der Waals surface area contributed by atoms with Gasteiger partial charge in [0.1, 0.15) is 0 Å². The van der Waals surface area contributed by atoms with Gasteiger partial charge < -0.3 is 4.74 Å². The lowest BCUT2D eigenvalue weighted by Crippen LogP contribution is -2.58. The molecule has 0 rings (SSSR count). The fourth-order valence-corrected chi connectivity index (χ4v) is 0.949. The number of rotatable bonds is 8. The minimum atomic E-state index is -7.17. The van der Waals surface area contributed by atoms with Gasteiger partial charge in [0.05, 0.1) is 13.0 Å². The molecular formula is C10H7F11O3. The molecular weight excluding hydrogens is 377 g/mol. The first-order valence-corrected chi connectivity index (χ1v) is 5.48. The molecule has 14 heteroatoms. The van der Waals surface area contributed by atoms with Gasteiger partial charge in [-0.05, 0) is 0 Å². The fourth-order valence-electron chi connectivity index (χ4n) is 0.949. The second-order valence-electron chi connectivity index (χ2n) is 4.03. The average molecular weight is 384 g/mol. The van der Waals surface area contributed by atoms with Gasteiger partial charge in [-0.15, -0.1) is 0 Å². The zero-order valence-corrected chi connectivity index (χ0v) is 11.1. The highest BCUT2D eigenvalue weighted by molar-refractivity contribution is 5.81. The highest BCUT2D eigenvalue weighted by atomic mass is 19.4. The Labute approximate surface area is 126 Å². The lowest BCUT2D eigenvalue weighted by molar-refractivity contribution is -0.496. The van der Waals surface area contributed by atoms with Gasteiger partial charge in [0.15, 0.2) is 0 Å². The quantitative estimate of drug-likeness (QED) is 0.359. The van der Waals surface area contributed by atoms with Crippen molar-refractivity contribution < 1.29 is 62.6 Å². The number of alkyl halides is 11. The molecule has 0 N–H and O–H groups in total. The van der Waals surface area contributed by atoms with Gasteiger partial charge in [0, 0.05) is 6.08 Å². The molecule has 0 amide bonds. The Morgan fingerprint density at radius 2 is 1.33 bits per heavy atom. The summed E-state index contributed by atoms with van der Waals surface area (Å²) < 4.78 is 143. The Kier molecular flexibility index (Phi) is 6.27. The lowest BCUT2D eigenvalue weighted by Gasteiger charge is -2.33. The summed E-state index contributed by atoms with van der Waals surface area (Å²) in [7, 11) is 0. The third-order valence-electron chi connectivity index (χ3n) is 2.23. The molecule has 0 heterocycles. The SMILES string of the molecule is C=CC(=O)OCCC(F)(F)C(F)(F)OC(F)(F)C(F)(F)C(F)(F)F. The summed E-state index contributed by atoms with van der Waals surface area (Å²) >= 11 is 0. The van der Waals surface area contributed by atoms with Crippen LogP contribution in [-0.2, 0) is 14.3 Å². The molecule has 24 heavy (non-hydrogen) atoms. The van der Waals surface area contributed by atoms with Crippen LogP contribution in [0.3, 0.4) is 0 Å². The molecule has 0 unspecified atom stereocenters. The van der Waals surface area contributed by atoms with Crippen molar-refractivity contribution in [3.63, 3.8) is 0 Å². The monoisotopic (exact) mass is 384 g/mol. The van der Waals surface area contributed by atoms with Crippen LogP contribution in [0, 0.1) is 0 Å². The number of carbonyl (C=O) groups is 1. The van der Waals surface area contributed by atoms with Crippen molar-refractivity contribution >= 4 is 5.97 Å². The van der Waals surface area contributed by atoms with Crippen LogP contribution in [0.2, 0.25) is 0 Å². The van der Waals surface area contributed by atoms with Crippen LogP contribution in [-0.4, -0.2) is 42.8 Å². The van der Waals surface area contributed by atoms with E-state index in [9.17, 15) is 53.1 Å². The number of hydrogen-bond acceptors (Lipinski definition) is 3. The van der Waals surface area contributed by atoms with Crippen molar-refractivity contribution in [1.82, 2.24) is 0 Å². The van der Waals surface area contributed by atoms with Crippen molar-refractivity contribution in [3.05, 3.63) is 12.7 Å². The van der Waals surface area contributed by atoms with E-state index in [2.05, 4.69) is 11.3 Å². The topological polar surface area (TPSA) is 35.5 Å². The zero-order valence-electron chi connectivity index (χ0n) is 11.1. The number of ether oxygens (including phenoxy) is 2. The Hall–Kier alpha value is -1.60. The molecule has 0 aromatic rings. The molecule has 0 aliphatic rings. The second-order valence-corrected chi connectivity index (χ2v) is 4.03. The zero-order chi connectivity index (χ0) is 19.6. The number of esters is 1. The predicted molar refractivity (Wildman–Crippen MR) is 52.7 cm³/mol. The van der Waals surface area contributed by atoms with Gasteiger partial charge in [-0.25, -0.2) is 9.53 Å². The first kappa shape index (κ1) is 22.4. The van der Waals surface area contributed by atoms with E-state index in [1.54, 1.807) is 0 Å². The highest BCUT2D eigenvalue weighted by Crippen LogP contribution is 2.51. The van der Waals surface area contributed by atoms with Crippen molar-refractivity contribution in [2.24, 2.45) is 0 Å². The van der Waals surface area contributed by atoms with Gasteiger partial charge in [-0.1, -0.05) is 6.58 Å². The normalized spacial score (nSPS) is 14.5. The third kappa shape index (κ3) is 4.70. The van der Waals surface area contributed by atoms with Crippen molar-refractivity contribution in [2.75, 3.05) is 6.61 Å². The van der Waals surface area contributed by atoms with E-state index >= 15 is 0 Å². The third-order valence-corrected chi connectivity index (χ3v) is 2.23. The summed E-state index contributed by atoms with van der Waals surface area (Å²) in [5.74, 6) is -14.2. The van der Waals surface area contributed by atoms with Crippen LogP contribution < -0.4 is 0 Å². The van der Waals surface area contributed by atoms with Crippen molar-refractivity contribution in [2.45, 2.75) is 36.7 Å². The van der Waals surface area contributed by atoms with E-state index in [4.69, 9.17) is 0 Å². The molecule has 0 saturated heterocycles. The van der Waals surface area contributed by atoms with Gasteiger partial charge in [-0.2, -0.15) is 48.3 Å². The van der Waals surface area contributed by atoms with Crippen LogP contribution in [0.4, 0.5) is 48.3 Å². The average Bonchev–Trinajstić information content (AvgIpc) is 2.35. The summed E-state index contributed by atoms with van der Waals surface area (Å²) in [5, 5.41) is 0. The molecule has 0 atom stereocenters. The van der Waals surface area contributed by atoms with Gasteiger partial charge in [0.2, 0.25) is 0 Å². The Morgan fingerprint density at radius 1 is 0.875 bits per heavy atom. The maximum absolute atomic E-state index is 13.0. The minimum absolute atomic E-state index is 0.421. The van der Waals surface area contributed by atoms with E-state index in [1.165, 1.54) is 0 Å². The number of hydrogen-bond donors (Lipinski definition) is 0. The summed E-state index contributed by atoms with van der Waals surface area (Å²) in [6.07, 6.45) is -22.3. The van der Waals surface area contributed by atoms with Crippen LogP contribution >= 0.6 is 0 Å². The smallest absolute Gasteiger partial charge is 0.462 e. The Balaban J connectivity index is 5.22. The molecule has 3 nitrogen and oxygen atoms in total. The number of halogens is 11. The Bertz CT molecular complexity index is 469. The van der Waals surface area contributed by atoms with Crippen LogP contribution in [0.5, 0.6) is 0 Å². The van der Waals surface area contributed by atoms with Crippen LogP contribution in [0.1, 0.15) is 6.42 Å². The van der Waals surface area contributed by atoms with Gasteiger partial charge >= 0.3 is 36.2 Å². The van der Waals surface area contributed by atoms with Crippen molar-refractivity contribution in [3.8, 4) is 0 Å². The summed E-state index contributed by atoms with van der Waals surface area (Å²) in [4.78, 5) is 10.5. The number of carbonyl (C=O) groups excluding carboxylic acids is 1. The molecule has 0 aliphatic carbocycles. The molecule has 0 fully saturated rings. The molecule has 0 radical (unpaired) electrons. The maximum Gasteiger partial charge on any atom is 0.462 e. The van der Waals surface area contributed by atoms with Crippen LogP contribution in [0.25, 0.3) is 0 Å². The molecule has 142 valence electrons. The molecule has 0 aromatic heterocycles. The minimum Gasteiger partial charge on any atom is -0.462 e. The van der Waals surface area contributed by atoms with E-state index in [1.807, 2.05) is 4.74 Å². The summed E-state index contributed by atoms with van der Waals surface area (Å²) in [6, 6.07) is 0. The van der Waals surface area contributed by atoms with E-state index < -0.39 is 49.2 Å². The molecule has 0 aromatic carbocycles. The first-order valence-electron chi connectivity index (χ1n) is 5.48. The molecule has 0 bridgehead atoms. The molecule has 0 saturated carbocycles. The second kappa shape index (κ2) is 6.72. The first-order chi connectivity index (χ1) is 10.4. The fraction of sp³-hybridized carbons (Fsp3) is 0.700. The highest BCUT2D eigenvalue weighted by Gasteiger charge is 2.78. The van der Waals surface area contributed by atoms with Crippen LogP contribution in [0.15, 0.2) is 12.7 Å². The predicted octanol–water partition coefficient (Wildman–Crippen LogP) is 4.14. The standard InChI is InChI=1S/C10H7F11O3/c1-2-5(22)23-4-3-6(11,12)9(18,19)24-10(20,21)7(13,14)8(15,16)17/h2H,1,3-4H2. The van der Waals surface area contributed by atoms with E-state index in [-0.39, 0.29) is 0 Å². The van der Waals surface area contributed by atoms with Gasteiger partial charge in [-0.3, -0.25) is 0 Å². The summed E-state index contributed by atoms with van der Waals surface area (Å²) in [5.41, 5.74) is 0. The summed E-state index contributed by atoms with van der Waals surface area (Å²) in [6.45, 7) is 1.28. The van der Waals surface area contributed by atoms with E-state index in [0.29, 0.717) is 6.08 Å². The van der Waals surface area contributed by atoms with Crippen molar-refractivity contribution in [1.29, 1.82) is 0 Å². The molecule has 0 aliphatic heterocycles. The Morgan fingerprint density at radius 3 is 1.71 bits per heavy atom. The molecule has 0 spiro atoms. The largest absolute Gasteiger partial charge is 0.462 e. The van der Waals surface area contributed by atoms with Gasteiger partial charge in [0.25, 0.3) is 0 Å².